The molecule has 3 rings (SSSR count). The lowest BCUT2D eigenvalue weighted by Gasteiger charge is -2.21. The molecule has 0 radical (unpaired) electrons. The summed E-state index contributed by atoms with van der Waals surface area (Å²) in [5, 5.41) is 6.02. The van der Waals surface area contributed by atoms with Gasteiger partial charge in [0.05, 0.1) is 19.9 Å². The number of pyridine rings is 1. The van der Waals surface area contributed by atoms with E-state index in [1.165, 1.54) is 7.11 Å². The maximum atomic E-state index is 5.32. The fourth-order valence-corrected chi connectivity index (χ4v) is 2.45. The molecule has 2 heterocycles. The zero-order valence-corrected chi connectivity index (χ0v) is 13.9. The van der Waals surface area contributed by atoms with Gasteiger partial charge in [-0.15, -0.1) is 0 Å². The van der Waals surface area contributed by atoms with E-state index in [1.807, 2.05) is 24.3 Å². The highest BCUT2D eigenvalue weighted by Gasteiger charge is 2.22. The van der Waals surface area contributed by atoms with Crippen molar-refractivity contribution in [1.29, 1.82) is 0 Å². The van der Waals surface area contributed by atoms with Crippen LogP contribution in [-0.4, -0.2) is 29.3 Å². The summed E-state index contributed by atoms with van der Waals surface area (Å²) in [6.45, 7) is 6.37. The SMILES string of the molecule is COc1ccc2c(C(C)(C)C)nc(-c3noc(OC)n3)cc2c1. The molecule has 0 saturated carbocycles. The molecule has 0 atom stereocenters. The fraction of sp³-hybridized carbons (Fsp3) is 0.353. The molecule has 0 amide bonds. The van der Waals surface area contributed by atoms with Crippen LogP contribution in [0.15, 0.2) is 28.8 Å². The summed E-state index contributed by atoms with van der Waals surface area (Å²) < 4.78 is 15.3. The van der Waals surface area contributed by atoms with Crippen LogP contribution in [0.5, 0.6) is 11.8 Å². The molecule has 0 spiro atoms. The van der Waals surface area contributed by atoms with Gasteiger partial charge in [0.1, 0.15) is 11.4 Å². The summed E-state index contributed by atoms with van der Waals surface area (Å²) in [6, 6.07) is 7.88. The van der Waals surface area contributed by atoms with Gasteiger partial charge in [0.25, 0.3) is 0 Å². The van der Waals surface area contributed by atoms with Gasteiger partial charge in [-0.2, -0.15) is 4.98 Å². The van der Waals surface area contributed by atoms with Gasteiger partial charge in [0, 0.05) is 10.8 Å². The van der Waals surface area contributed by atoms with E-state index in [2.05, 4.69) is 30.9 Å². The second-order valence-electron chi connectivity index (χ2n) is 6.28. The van der Waals surface area contributed by atoms with Gasteiger partial charge in [-0.3, -0.25) is 4.52 Å². The van der Waals surface area contributed by atoms with Gasteiger partial charge in [-0.25, -0.2) is 4.98 Å². The average molecular weight is 313 g/mol. The number of methoxy groups -OCH3 is 2. The van der Waals surface area contributed by atoms with Crippen molar-refractivity contribution >= 4 is 10.8 Å². The van der Waals surface area contributed by atoms with Crippen LogP contribution < -0.4 is 9.47 Å². The van der Waals surface area contributed by atoms with Crippen molar-refractivity contribution < 1.29 is 14.0 Å². The standard InChI is InChI=1S/C17H19N3O3/c1-17(2,3)14-12-7-6-11(21-4)8-10(12)9-13(18-14)15-19-16(22-5)23-20-15/h6-9H,1-5H3. The molecule has 6 nitrogen and oxygen atoms in total. The first-order valence-corrected chi connectivity index (χ1v) is 7.29. The molecule has 0 saturated heterocycles. The fourth-order valence-electron chi connectivity index (χ4n) is 2.45. The van der Waals surface area contributed by atoms with E-state index in [-0.39, 0.29) is 11.5 Å². The summed E-state index contributed by atoms with van der Waals surface area (Å²) in [4.78, 5) is 8.94. The molecule has 1 aromatic carbocycles. The lowest BCUT2D eigenvalue weighted by Crippen LogP contribution is -2.14. The Labute approximate surface area is 134 Å². The Hall–Kier alpha value is -2.63. The Bertz CT molecular complexity index is 850. The van der Waals surface area contributed by atoms with E-state index in [4.69, 9.17) is 19.0 Å². The summed E-state index contributed by atoms with van der Waals surface area (Å²) in [5.41, 5.74) is 1.48. The first kappa shape index (κ1) is 15.3. The van der Waals surface area contributed by atoms with E-state index in [0.29, 0.717) is 11.5 Å². The quantitative estimate of drug-likeness (QED) is 0.736. The minimum Gasteiger partial charge on any atom is -0.497 e. The van der Waals surface area contributed by atoms with Crippen molar-refractivity contribution in [3.8, 4) is 23.3 Å². The molecule has 0 aliphatic carbocycles. The minimum atomic E-state index is -0.128. The molecular formula is C17H19N3O3. The van der Waals surface area contributed by atoms with E-state index < -0.39 is 0 Å². The van der Waals surface area contributed by atoms with Gasteiger partial charge >= 0.3 is 6.08 Å². The lowest BCUT2D eigenvalue weighted by atomic mass is 9.88. The zero-order chi connectivity index (χ0) is 16.6. The molecule has 3 aromatic rings. The van der Waals surface area contributed by atoms with Crippen molar-refractivity contribution in [2.75, 3.05) is 14.2 Å². The second kappa shape index (κ2) is 5.53. The normalized spacial score (nSPS) is 11.7. The summed E-state index contributed by atoms with van der Waals surface area (Å²) in [5.74, 6) is 1.19. The molecule has 0 bridgehead atoms. The van der Waals surface area contributed by atoms with Crippen LogP contribution in [0.1, 0.15) is 26.5 Å². The van der Waals surface area contributed by atoms with Crippen LogP contribution in [0.2, 0.25) is 0 Å². The first-order chi connectivity index (χ1) is 10.9. The van der Waals surface area contributed by atoms with Crippen LogP contribution in [0.25, 0.3) is 22.3 Å². The lowest BCUT2D eigenvalue weighted by molar-refractivity contribution is 0.250. The van der Waals surface area contributed by atoms with Crippen LogP contribution in [0.4, 0.5) is 0 Å². The Morgan fingerprint density at radius 2 is 1.78 bits per heavy atom. The Morgan fingerprint density at radius 3 is 2.39 bits per heavy atom. The van der Waals surface area contributed by atoms with E-state index >= 15 is 0 Å². The van der Waals surface area contributed by atoms with Crippen molar-refractivity contribution in [3.63, 3.8) is 0 Å². The van der Waals surface area contributed by atoms with Crippen molar-refractivity contribution in [3.05, 3.63) is 30.0 Å². The number of benzene rings is 1. The van der Waals surface area contributed by atoms with Gasteiger partial charge in [0.15, 0.2) is 0 Å². The Kier molecular flexibility index (Phi) is 3.67. The Morgan fingerprint density at radius 1 is 1.00 bits per heavy atom. The topological polar surface area (TPSA) is 70.3 Å². The predicted molar refractivity (Wildman–Crippen MR) is 86.8 cm³/mol. The predicted octanol–water partition coefficient (Wildman–Crippen LogP) is 3.60. The minimum absolute atomic E-state index is 0.116. The molecular weight excluding hydrogens is 294 g/mol. The van der Waals surface area contributed by atoms with Crippen LogP contribution in [0, 0.1) is 0 Å². The molecule has 0 aliphatic heterocycles. The maximum Gasteiger partial charge on any atom is 0.417 e. The Balaban J connectivity index is 2.26. The molecule has 23 heavy (non-hydrogen) atoms. The number of hydrogen-bond donors (Lipinski definition) is 0. The van der Waals surface area contributed by atoms with Crippen LogP contribution in [0.3, 0.4) is 0 Å². The van der Waals surface area contributed by atoms with Crippen molar-refractivity contribution in [2.24, 2.45) is 0 Å². The third kappa shape index (κ3) is 2.84. The van der Waals surface area contributed by atoms with Gasteiger partial charge in [-0.1, -0.05) is 25.9 Å². The highest BCUT2D eigenvalue weighted by molar-refractivity contribution is 5.89. The number of fused-ring (bicyclic) bond motifs is 1. The average Bonchev–Trinajstić information content (AvgIpc) is 3.01. The smallest absolute Gasteiger partial charge is 0.417 e. The number of rotatable bonds is 3. The molecule has 6 heteroatoms. The third-order valence-electron chi connectivity index (χ3n) is 3.56. The van der Waals surface area contributed by atoms with E-state index in [9.17, 15) is 0 Å². The highest BCUT2D eigenvalue weighted by atomic mass is 16.6. The van der Waals surface area contributed by atoms with Crippen molar-refractivity contribution in [2.45, 2.75) is 26.2 Å². The number of aromatic nitrogens is 3. The van der Waals surface area contributed by atoms with Crippen LogP contribution in [-0.2, 0) is 5.41 Å². The molecule has 0 aliphatic rings. The number of ether oxygens (including phenoxy) is 2. The molecule has 0 unspecified atom stereocenters. The number of hydrogen-bond acceptors (Lipinski definition) is 6. The van der Waals surface area contributed by atoms with Gasteiger partial charge < -0.3 is 9.47 Å². The molecule has 0 fully saturated rings. The zero-order valence-electron chi connectivity index (χ0n) is 13.9. The largest absolute Gasteiger partial charge is 0.497 e. The van der Waals surface area contributed by atoms with Crippen LogP contribution >= 0.6 is 0 Å². The molecule has 120 valence electrons. The van der Waals surface area contributed by atoms with Gasteiger partial charge in [0.2, 0.25) is 5.82 Å². The second-order valence-corrected chi connectivity index (χ2v) is 6.28. The molecule has 2 aromatic heterocycles. The van der Waals surface area contributed by atoms with Crippen molar-refractivity contribution in [1.82, 2.24) is 15.1 Å². The first-order valence-electron chi connectivity index (χ1n) is 7.29. The summed E-state index contributed by atoms with van der Waals surface area (Å²) >= 11 is 0. The monoisotopic (exact) mass is 313 g/mol. The summed E-state index contributed by atoms with van der Waals surface area (Å²) in [7, 11) is 3.13. The maximum absolute atomic E-state index is 5.32. The molecule has 0 N–H and O–H groups in total. The van der Waals surface area contributed by atoms with E-state index in [1.54, 1.807) is 7.11 Å². The van der Waals surface area contributed by atoms with E-state index in [0.717, 1.165) is 22.2 Å². The summed E-state index contributed by atoms with van der Waals surface area (Å²) in [6.07, 6.45) is 0.116. The highest BCUT2D eigenvalue weighted by Crippen LogP contribution is 2.33. The number of nitrogens with zero attached hydrogens (tertiary/aromatic N) is 3. The third-order valence-corrected chi connectivity index (χ3v) is 3.56. The van der Waals surface area contributed by atoms with Gasteiger partial charge in [-0.05, 0) is 29.7 Å².